The minimum atomic E-state index is -1.83. The Kier molecular flexibility index (Phi) is 5.58. The highest BCUT2D eigenvalue weighted by atomic mass is 16.5. The van der Waals surface area contributed by atoms with Gasteiger partial charge in [0, 0.05) is 35.6 Å². The number of phenolic OH excluding ortho intramolecular Hbond substituents is 5. The molecule has 10 heteroatoms. The smallest absolute Gasteiger partial charge is 0.200 e. The van der Waals surface area contributed by atoms with E-state index < -0.39 is 52.5 Å². The van der Waals surface area contributed by atoms with Gasteiger partial charge in [0.05, 0.1) is 0 Å². The number of rotatable bonds is 4. The maximum absolute atomic E-state index is 13.0. The van der Waals surface area contributed by atoms with Crippen LogP contribution in [0, 0.1) is 5.92 Å². The maximum Gasteiger partial charge on any atom is 0.200 e. The lowest BCUT2D eigenvalue weighted by atomic mass is 9.78. The molecular weight excluding hydrogens is 448 g/mol. The normalized spacial score (nSPS) is 26.1. The quantitative estimate of drug-likeness (QED) is 0.241. The molecule has 180 valence electrons. The van der Waals surface area contributed by atoms with Gasteiger partial charge in [0.1, 0.15) is 40.8 Å². The molecule has 4 unspecified atom stereocenters. The third-order valence-electron chi connectivity index (χ3n) is 6.09. The van der Waals surface area contributed by atoms with Crippen LogP contribution in [-0.4, -0.2) is 64.4 Å². The van der Waals surface area contributed by atoms with E-state index >= 15 is 0 Å². The Labute approximate surface area is 193 Å². The predicted octanol–water partition coefficient (Wildman–Crippen LogP) is 1.90. The van der Waals surface area contributed by atoms with Crippen LogP contribution >= 0.6 is 0 Å². The summed E-state index contributed by atoms with van der Waals surface area (Å²) in [6.45, 7) is 1.29. The summed E-state index contributed by atoms with van der Waals surface area (Å²) >= 11 is 0. The van der Waals surface area contributed by atoms with Crippen molar-refractivity contribution in [2.24, 2.45) is 5.92 Å². The molecule has 2 aliphatic rings. The second-order valence-corrected chi connectivity index (χ2v) is 8.78. The van der Waals surface area contributed by atoms with Crippen molar-refractivity contribution in [1.82, 2.24) is 0 Å². The zero-order chi connectivity index (χ0) is 24.9. The molecule has 0 spiro atoms. The molecule has 0 radical (unpaired) electrons. The lowest BCUT2D eigenvalue weighted by Gasteiger charge is -2.38. The lowest BCUT2D eigenvalue weighted by Crippen LogP contribution is -2.44. The van der Waals surface area contributed by atoms with Gasteiger partial charge < -0.3 is 45.6 Å². The van der Waals surface area contributed by atoms with Crippen molar-refractivity contribution in [2.45, 2.75) is 37.6 Å². The van der Waals surface area contributed by atoms with E-state index in [-0.39, 0.29) is 41.2 Å². The molecular formula is C24H24O10. The first-order valence-electron chi connectivity index (χ1n) is 10.4. The number of hydrogen-bond donors (Lipinski definition) is 8. The van der Waals surface area contributed by atoms with E-state index in [1.807, 2.05) is 0 Å². The Morgan fingerprint density at radius 1 is 1.03 bits per heavy atom. The van der Waals surface area contributed by atoms with Crippen LogP contribution in [0.3, 0.4) is 0 Å². The van der Waals surface area contributed by atoms with Crippen molar-refractivity contribution in [1.29, 1.82) is 0 Å². The zero-order valence-electron chi connectivity index (χ0n) is 18.0. The Hall–Kier alpha value is -3.89. The molecule has 10 nitrogen and oxygen atoms in total. The number of aliphatic hydroxyl groups is 3. The fourth-order valence-corrected chi connectivity index (χ4v) is 4.34. The van der Waals surface area contributed by atoms with Crippen LogP contribution in [0.2, 0.25) is 0 Å². The van der Waals surface area contributed by atoms with Crippen molar-refractivity contribution >= 4 is 5.78 Å². The lowest BCUT2D eigenvalue weighted by molar-refractivity contribution is -0.0292. The molecule has 4 rings (SSSR count). The number of ether oxygens (including phenoxy) is 1. The monoisotopic (exact) mass is 472 g/mol. The van der Waals surface area contributed by atoms with E-state index in [1.165, 1.54) is 25.1 Å². The van der Waals surface area contributed by atoms with Crippen LogP contribution in [0.15, 0.2) is 47.7 Å². The van der Waals surface area contributed by atoms with E-state index in [2.05, 4.69) is 0 Å². The number of aliphatic hydroxyl groups excluding tert-OH is 2. The van der Waals surface area contributed by atoms with Gasteiger partial charge >= 0.3 is 0 Å². The van der Waals surface area contributed by atoms with Gasteiger partial charge in [0.2, 0.25) is 0 Å². The van der Waals surface area contributed by atoms with Gasteiger partial charge in [-0.2, -0.15) is 0 Å². The summed E-state index contributed by atoms with van der Waals surface area (Å²) < 4.78 is 6.00. The minimum absolute atomic E-state index is 0.0780. The Bertz CT molecular complexity index is 1200. The molecule has 1 aliphatic heterocycles. The van der Waals surface area contributed by atoms with Crippen molar-refractivity contribution in [2.75, 3.05) is 0 Å². The third kappa shape index (κ3) is 4.09. The molecule has 0 fully saturated rings. The molecule has 0 bridgehead atoms. The second kappa shape index (κ2) is 8.15. The highest BCUT2D eigenvalue weighted by Gasteiger charge is 2.41. The largest absolute Gasteiger partial charge is 0.509 e. The molecule has 1 heterocycles. The van der Waals surface area contributed by atoms with Crippen LogP contribution in [0.1, 0.15) is 29.3 Å². The number of Topliss-reactive ketones (excluding diaryl/α,β-unsaturated/α-hetero) is 1. The highest BCUT2D eigenvalue weighted by molar-refractivity contribution is 5.97. The minimum Gasteiger partial charge on any atom is -0.509 e. The van der Waals surface area contributed by atoms with E-state index in [0.717, 1.165) is 18.2 Å². The molecule has 2 aromatic rings. The van der Waals surface area contributed by atoms with Gasteiger partial charge in [0.15, 0.2) is 23.0 Å². The zero-order valence-corrected chi connectivity index (χ0v) is 18.0. The van der Waals surface area contributed by atoms with Crippen LogP contribution in [0.5, 0.6) is 34.5 Å². The van der Waals surface area contributed by atoms with Gasteiger partial charge in [0.25, 0.3) is 0 Å². The summed E-state index contributed by atoms with van der Waals surface area (Å²) in [6.07, 6.45) is -0.113. The molecule has 4 atom stereocenters. The van der Waals surface area contributed by atoms with E-state index in [0.29, 0.717) is 5.56 Å². The predicted molar refractivity (Wildman–Crippen MR) is 117 cm³/mol. The van der Waals surface area contributed by atoms with Gasteiger partial charge in [-0.25, -0.2) is 0 Å². The first kappa shape index (κ1) is 23.3. The number of hydrogen-bond acceptors (Lipinski definition) is 10. The maximum atomic E-state index is 13.0. The summed E-state index contributed by atoms with van der Waals surface area (Å²) in [6, 6.07) is 4.43. The Morgan fingerprint density at radius 3 is 2.29 bits per heavy atom. The fourth-order valence-electron chi connectivity index (χ4n) is 4.34. The number of carbonyl (C=O) groups is 1. The second-order valence-electron chi connectivity index (χ2n) is 8.78. The number of benzene rings is 2. The number of carbonyl (C=O) groups excluding carboxylic acids is 1. The molecule has 1 aliphatic carbocycles. The number of fused-ring (bicyclic) bond motifs is 1. The molecule has 0 amide bonds. The van der Waals surface area contributed by atoms with Crippen LogP contribution < -0.4 is 4.74 Å². The molecule has 0 aromatic heterocycles. The topological polar surface area (TPSA) is 188 Å². The first-order chi connectivity index (χ1) is 15.9. The average molecular weight is 472 g/mol. The van der Waals surface area contributed by atoms with Gasteiger partial charge in [-0.15, -0.1) is 0 Å². The van der Waals surface area contributed by atoms with Crippen LogP contribution in [0.25, 0.3) is 0 Å². The number of phenols is 5. The van der Waals surface area contributed by atoms with Crippen molar-refractivity contribution in [3.63, 3.8) is 0 Å². The van der Waals surface area contributed by atoms with Gasteiger partial charge in [-0.05, 0) is 43.2 Å². The summed E-state index contributed by atoms with van der Waals surface area (Å²) in [5, 5.41) is 79.9. The number of ketones is 1. The summed E-state index contributed by atoms with van der Waals surface area (Å²) in [5.41, 5.74) is -1.32. The van der Waals surface area contributed by atoms with E-state index in [4.69, 9.17) is 4.74 Å². The highest BCUT2D eigenvalue weighted by Crippen LogP contribution is 2.44. The molecule has 34 heavy (non-hydrogen) atoms. The van der Waals surface area contributed by atoms with Crippen molar-refractivity contribution < 1.29 is 50.4 Å². The number of aromatic hydroxyl groups is 5. The molecule has 0 saturated heterocycles. The van der Waals surface area contributed by atoms with Crippen molar-refractivity contribution in [3.05, 3.63) is 58.9 Å². The van der Waals surface area contributed by atoms with Crippen LogP contribution in [-0.2, 0) is 6.42 Å². The molecule has 8 N–H and O–H groups in total. The molecule has 2 aromatic carbocycles. The van der Waals surface area contributed by atoms with E-state index in [1.54, 1.807) is 0 Å². The van der Waals surface area contributed by atoms with Gasteiger partial charge in [-0.1, -0.05) is 0 Å². The van der Waals surface area contributed by atoms with Crippen molar-refractivity contribution in [3.8, 4) is 34.5 Å². The third-order valence-corrected chi connectivity index (χ3v) is 6.09. The fraction of sp³-hybridized carbons (Fsp3) is 0.292. The Balaban J connectivity index is 1.74. The average Bonchev–Trinajstić information content (AvgIpc) is 2.75. The molecule has 0 saturated carbocycles. The van der Waals surface area contributed by atoms with Crippen LogP contribution in [0.4, 0.5) is 0 Å². The Morgan fingerprint density at radius 2 is 1.68 bits per heavy atom. The summed E-state index contributed by atoms with van der Waals surface area (Å²) in [7, 11) is 0. The summed E-state index contributed by atoms with van der Waals surface area (Å²) in [5.74, 6) is -4.17. The van der Waals surface area contributed by atoms with E-state index in [9.17, 15) is 45.6 Å². The SMILES string of the molecule is CC1(O)C=C(C2Oc3cc(O)cc(O)c3CC2CC(=O)c2cc(O)c(O)c(O)c2)C=C(O)C1O. The van der Waals surface area contributed by atoms with Gasteiger partial charge in [-0.3, -0.25) is 4.79 Å². The summed E-state index contributed by atoms with van der Waals surface area (Å²) in [4.78, 5) is 13.0. The first-order valence-corrected chi connectivity index (χ1v) is 10.4. The standard InChI is InChI=1S/C24H24O10/c1-24(33)9-12(6-19(30)23(24)32)22-11(2-14-16(27)7-13(25)8-20(14)34-22)5-15(26)10-3-17(28)21(31)18(29)4-10/h3-4,6-9,11,22-23,25,27-33H,2,5H2,1H3.